The molecule has 2 rings (SSSR count). The Kier molecular flexibility index (Phi) is 4.85. The fraction of sp³-hybridized carbons (Fsp3) is 0.0667. The van der Waals surface area contributed by atoms with Gasteiger partial charge in [0.25, 0.3) is 5.91 Å². The summed E-state index contributed by atoms with van der Waals surface area (Å²) in [5.74, 6) is -1.01. The van der Waals surface area contributed by atoms with Gasteiger partial charge >= 0.3 is 12.4 Å². The number of benzene rings is 2. The number of hydrogen-bond acceptors (Lipinski definition) is 3. The van der Waals surface area contributed by atoms with E-state index in [1.807, 2.05) is 0 Å². The molecular formula is C15H11F3N2O3. The predicted molar refractivity (Wildman–Crippen MR) is 76.1 cm³/mol. The highest BCUT2D eigenvalue weighted by molar-refractivity contribution is 6.07. The van der Waals surface area contributed by atoms with Gasteiger partial charge < -0.3 is 10.1 Å². The lowest BCUT2D eigenvalue weighted by Gasteiger charge is -2.10. The van der Waals surface area contributed by atoms with Crippen molar-refractivity contribution in [2.45, 2.75) is 6.36 Å². The van der Waals surface area contributed by atoms with Crippen LogP contribution in [0.3, 0.4) is 0 Å². The van der Waals surface area contributed by atoms with Gasteiger partial charge in [0.1, 0.15) is 5.75 Å². The van der Waals surface area contributed by atoms with Gasteiger partial charge in [-0.25, -0.2) is 4.79 Å². The number of anilines is 1. The smallest absolute Gasteiger partial charge is 0.406 e. The maximum atomic E-state index is 12.0. The maximum Gasteiger partial charge on any atom is 0.573 e. The Morgan fingerprint density at radius 2 is 1.52 bits per heavy atom. The van der Waals surface area contributed by atoms with Gasteiger partial charge in [0.05, 0.1) is 0 Å². The van der Waals surface area contributed by atoms with Crippen LogP contribution in [0.1, 0.15) is 10.4 Å². The number of alkyl halides is 3. The number of nitrogens with one attached hydrogen (secondary N) is 2. The van der Waals surface area contributed by atoms with Crippen LogP contribution in [0.4, 0.5) is 23.7 Å². The van der Waals surface area contributed by atoms with Crippen LogP contribution in [0.25, 0.3) is 0 Å². The zero-order valence-electron chi connectivity index (χ0n) is 11.6. The molecule has 0 saturated carbocycles. The lowest BCUT2D eigenvalue weighted by molar-refractivity contribution is -0.274. The Morgan fingerprint density at radius 1 is 0.913 bits per heavy atom. The molecule has 0 heterocycles. The van der Waals surface area contributed by atoms with E-state index in [-0.39, 0.29) is 5.69 Å². The minimum absolute atomic E-state index is 0.206. The molecule has 0 aliphatic rings. The van der Waals surface area contributed by atoms with Crippen molar-refractivity contribution in [3.05, 3.63) is 60.2 Å². The summed E-state index contributed by atoms with van der Waals surface area (Å²) in [5, 5.41) is 4.42. The summed E-state index contributed by atoms with van der Waals surface area (Å²) in [7, 11) is 0. The number of carbonyl (C=O) groups is 2. The van der Waals surface area contributed by atoms with E-state index in [0.29, 0.717) is 5.56 Å². The van der Waals surface area contributed by atoms with Crippen LogP contribution in [0.15, 0.2) is 54.6 Å². The van der Waals surface area contributed by atoms with Gasteiger partial charge in [-0.1, -0.05) is 18.2 Å². The Hall–Kier alpha value is -3.03. The second kappa shape index (κ2) is 6.82. The third kappa shape index (κ3) is 5.34. The first-order valence-corrected chi connectivity index (χ1v) is 6.37. The highest BCUT2D eigenvalue weighted by atomic mass is 19.4. The molecule has 120 valence electrons. The summed E-state index contributed by atoms with van der Waals surface area (Å²) in [5.41, 5.74) is 0.509. The molecule has 3 amide bonds. The number of urea groups is 1. The standard InChI is InChI=1S/C15H11F3N2O3/c16-15(17,18)23-12-8-6-11(7-9-12)19-14(22)20-13(21)10-4-2-1-3-5-10/h1-9H,(H2,19,20,21,22). The molecule has 0 atom stereocenters. The summed E-state index contributed by atoms with van der Waals surface area (Å²) >= 11 is 0. The molecule has 0 bridgehead atoms. The average Bonchev–Trinajstić information content (AvgIpc) is 2.48. The Morgan fingerprint density at radius 3 is 2.09 bits per heavy atom. The molecule has 0 aromatic heterocycles. The molecule has 2 N–H and O–H groups in total. The predicted octanol–water partition coefficient (Wildman–Crippen LogP) is 3.55. The van der Waals surface area contributed by atoms with Crippen molar-refractivity contribution in [2.75, 3.05) is 5.32 Å². The number of halogens is 3. The normalized spacial score (nSPS) is 10.7. The van der Waals surface area contributed by atoms with Gasteiger partial charge in [-0.05, 0) is 36.4 Å². The molecule has 5 nitrogen and oxygen atoms in total. The van der Waals surface area contributed by atoms with E-state index in [9.17, 15) is 22.8 Å². The first-order valence-electron chi connectivity index (χ1n) is 6.37. The molecule has 23 heavy (non-hydrogen) atoms. The van der Waals surface area contributed by atoms with Gasteiger partial charge in [-0.15, -0.1) is 13.2 Å². The first-order chi connectivity index (χ1) is 10.8. The molecule has 0 spiro atoms. The highest BCUT2D eigenvalue weighted by Crippen LogP contribution is 2.23. The quantitative estimate of drug-likeness (QED) is 0.907. The Labute approximate surface area is 129 Å². The molecule has 0 fully saturated rings. The van der Waals surface area contributed by atoms with Gasteiger partial charge in [-0.3, -0.25) is 10.1 Å². The summed E-state index contributed by atoms with van der Waals surface area (Å²) in [6.45, 7) is 0. The average molecular weight is 324 g/mol. The molecule has 0 aliphatic carbocycles. The lowest BCUT2D eigenvalue weighted by Crippen LogP contribution is -2.34. The van der Waals surface area contributed by atoms with E-state index in [0.717, 1.165) is 12.1 Å². The summed E-state index contributed by atoms with van der Waals surface area (Å²) in [4.78, 5) is 23.4. The SMILES string of the molecule is O=C(NC(=O)c1ccccc1)Nc1ccc(OC(F)(F)F)cc1. The molecule has 0 saturated heterocycles. The number of imide groups is 1. The summed E-state index contributed by atoms with van der Waals surface area (Å²) in [6, 6.07) is 11.8. The number of ether oxygens (including phenoxy) is 1. The second-order valence-corrected chi connectivity index (χ2v) is 4.35. The summed E-state index contributed by atoms with van der Waals surface area (Å²) < 4.78 is 39.8. The van der Waals surface area contributed by atoms with Gasteiger partial charge in [-0.2, -0.15) is 0 Å². The van der Waals surface area contributed by atoms with Crippen molar-refractivity contribution in [1.29, 1.82) is 0 Å². The third-order valence-electron chi connectivity index (χ3n) is 2.61. The molecule has 2 aromatic carbocycles. The monoisotopic (exact) mass is 324 g/mol. The van der Waals surface area contributed by atoms with E-state index in [1.165, 1.54) is 24.3 Å². The molecule has 0 aliphatic heterocycles. The Balaban J connectivity index is 1.91. The van der Waals surface area contributed by atoms with Crippen molar-refractivity contribution in [1.82, 2.24) is 5.32 Å². The minimum Gasteiger partial charge on any atom is -0.406 e. The maximum absolute atomic E-state index is 12.0. The van der Waals surface area contributed by atoms with Crippen LogP contribution < -0.4 is 15.4 Å². The zero-order valence-corrected chi connectivity index (χ0v) is 11.6. The van der Waals surface area contributed by atoms with E-state index in [4.69, 9.17) is 0 Å². The third-order valence-corrected chi connectivity index (χ3v) is 2.61. The van der Waals surface area contributed by atoms with Crippen molar-refractivity contribution < 1.29 is 27.5 Å². The second-order valence-electron chi connectivity index (χ2n) is 4.35. The number of amides is 3. The molecule has 0 unspecified atom stereocenters. The largest absolute Gasteiger partial charge is 0.573 e. The molecule has 0 radical (unpaired) electrons. The van der Waals surface area contributed by atoms with Crippen molar-refractivity contribution in [2.24, 2.45) is 0 Å². The van der Waals surface area contributed by atoms with E-state index in [2.05, 4.69) is 15.4 Å². The topological polar surface area (TPSA) is 67.4 Å². The Bertz CT molecular complexity index is 685. The molecular weight excluding hydrogens is 313 g/mol. The van der Waals surface area contributed by atoms with Crippen molar-refractivity contribution >= 4 is 17.6 Å². The number of carbonyl (C=O) groups excluding carboxylic acids is 2. The van der Waals surface area contributed by atoms with E-state index >= 15 is 0 Å². The van der Waals surface area contributed by atoms with Crippen molar-refractivity contribution in [3.63, 3.8) is 0 Å². The van der Waals surface area contributed by atoms with Crippen LogP contribution >= 0.6 is 0 Å². The number of hydrogen-bond donors (Lipinski definition) is 2. The van der Waals surface area contributed by atoms with Gasteiger partial charge in [0.2, 0.25) is 0 Å². The fourth-order valence-corrected chi connectivity index (χ4v) is 1.67. The van der Waals surface area contributed by atoms with E-state index < -0.39 is 24.1 Å². The van der Waals surface area contributed by atoms with Crippen LogP contribution in [0, 0.1) is 0 Å². The molecule has 2 aromatic rings. The van der Waals surface area contributed by atoms with Gasteiger partial charge in [0.15, 0.2) is 0 Å². The number of rotatable bonds is 3. The van der Waals surface area contributed by atoms with Crippen LogP contribution in [0.5, 0.6) is 5.75 Å². The first kappa shape index (κ1) is 16.3. The zero-order chi connectivity index (χ0) is 16.9. The van der Waals surface area contributed by atoms with Crippen LogP contribution in [-0.2, 0) is 0 Å². The van der Waals surface area contributed by atoms with E-state index in [1.54, 1.807) is 18.2 Å². The minimum atomic E-state index is -4.78. The van der Waals surface area contributed by atoms with Crippen LogP contribution in [-0.4, -0.2) is 18.3 Å². The van der Waals surface area contributed by atoms with Gasteiger partial charge in [0, 0.05) is 11.3 Å². The molecule has 8 heteroatoms. The van der Waals surface area contributed by atoms with Crippen molar-refractivity contribution in [3.8, 4) is 5.75 Å². The highest BCUT2D eigenvalue weighted by Gasteiger charge is 2.30. The fourth-order valence-electron chi connectivity index (χ4n) is 1.67. The summed E-state index contributed by atoms with van der Waals surface area (Å²) in [6.07, 6.45) is -4.78. The van der Waals surface area contributed by atoms with Crippen LogP contribution in [0.2, 0.25) is 0 Å². The lowest BCUT2D eigenvalue weighted by atomic mass is 10.2.